The van der Waals surface area contributed by atoms with Crippen molar-refractivity contribution in [3.8, 4) is 0 Å². The zero-order valence-electron chi connectivity index (χ0n) is 14.0. The molecule has 0 saturated heterocycles. The second-order valence-electron chi connectivity index (χ2n) is 5.97. The average molecular weight is 349 g/mol. The molecule has 1 aromatic carbocycles. The molecule has 0 fully saturated rings. The summed E-state index contributed by atoms with van der Waals surface area (Å²) in [5.41, 5.74) is -0.470. The molecule has 1 heterocycles. The number of ether oxygens (including phenoxy) is 1. The smallest absolute Gasteiger partial charge is 0.335 e. The highest BCUT2D eigenvalue weighted by molar-refractivity contribution is 5.96. The first-order valence-corrected chi connectivity index (χ1v) is 7.83. The molecule has 2 aromatic rings. The Labute approximate surface area is 144 Å². The number of furan rings is 1. The lowest BCUT2D eigenvalue weighted by Crippen LogP contribution is -2.32. The Bertz CT molecular complexity index is 727. The number of rotatable bonds is 8. The third-order valence-corrected chi connectivity index (χ3v) is 3.39. The van der Waals surface area contributed by atoms with Crippen LogP contribution in [0.15, 0.2) is 41.0 Å². The third-order valence-electron chi connectivity index (χ3n) is 3.39. The molecule has 1 unspecified atom stereocenters. The summed E-state index contributed by atoms with van der Waals surface area (Å²) in [5, 5.41) is 11.5. The number of benzene rings is 1. The number of amides is 1. The van der Waals surface area contributed by atoms with Gasteiger partial charge in [-0.15, -0.1) is 0 Å². The summed E-state index contributed by atoms with van der Waals surface area (Å²) in [7, 11) is 0. The van der Waals surface area contributed by atoms with E-state index >= 15 is 0 Å². The zero-order chi connectivity index (χ0) is 18.4. The Morgan fingerprint density at radius 2 is 2.04 bits per heavy atom. The molecule has 1 atom stereocenters. The van der Waals surface area contributed by atoms with Crippen molar-refractivity contribution in [2.75, 3.05) is 13.2 Å². The van der Waals surface area contributed by atoms with Gasteiger partial charge in [0.2, 0.25) is 0 Å². The van der Waals surface area contributed by atoms with Crippen molar-refractivity contribution in [3.05, 3.63) is 59.3 Å². The van der Waals surface area contributed by atoms with E-state index in [0.29, 0.717) is 18.3 Å². The molecule has 0 spiro atoms. The van der Waals surface area contributed by atoms with Gasteiger partial charge in [0.05, 0.1) is 24.0 Å². The molecular formula is C18H20FNO5. The summed E-state index contributed by atoms with van der Waals surface area (Å²) in [6.07, 6.45) is 1.47. The first kappa shape index (κ1) is 18.7. The van der Waals surface area contributed by atoms with Gasteiger partial charge >= 0.3 is 5.97 Å². The van der Waals surface area contributed by atoms with Crippen LogP contribution in [0.1, 0.15) is 46.4 Å². The molecule has 7 heteroatoms. The van der Waals surface area contributed by atoms with Crippen molar-refractivity contribution in [3.63, 3.8) is 0 Å². The van der Waals surface area contributed by atoms with Crippen molar-refractivity contribution in [1.29, 1.82) is 0 Å². The first-order valence-electron chi connectivity index (χ1n) is 7.83. The summed E-state index contributed by atoms with van der Waals surface area (Å²) >= 11 is 0. The molecule has 1 amide bonds. The minimum absolute atomic E-state index is 0.173. The van der Waals surface area contributed by atoms with E-state index in [1.165, 1.54) is 12.3 Å². The first-order chi connectivity index (χ1) is 11.9. The number of carboxylic acid groups (broad SMARTS) is 1. The summed E-state index contributed by atoms with van der Waals surface area (Å²) < 4.78 is 24.9. The monoisotopic (exact) mass is 349 g/mol. The summed E-state index contributed by atoms with van der Waals surface area (Å²) in [6.45, 7) is 4.68. The molecule has 134 valence electrons. The normalized spacial score (nSPS) is 12.2. The van der Waals surface area contributed by atoms with Crippen LogP contribution in [0, 0.1) is 11.7 Å². The Morgan fingerprint density at radius 1 is 1.28 bits per heavy atom. The van der Waals surface area contributed by atoms with Gasteiger partial charge in [-0.2, -0.15) is 0 Å². The van der Waals surface area contributed by atoms with E-state index in [1.807, 2.05) is 13.8 Å². The van der Waals surface area contributed by atoms with Crippen LogP contribution in [0.25, 0.3) is 0 Å². The Hall–Kier alpha value is -2.67. The predicted octanol–water partition coefficient (Wildman–Crippen LogP) is 3.26. The van der Waals surface area contributed by atoms with Gasteiger partial charge in [0.1, 0.15) is 17.6 Å². The lowest BCUT2D eigenvalue weighted by Gasteiger charge is -2.18. The molecular weight excluding hydrogens is 329 g/mol. The number of hydrogen-bond acceptors (Lipinski definition) is 4. The van der Waals surface area contributed by atoms with Crippen molar-refractivity contribution in [2.45, 2.75) is 19.9 Å². The number of aromatic carboxylic acids is 1. The number of carbonyl (C=O) groups is 2. The second-order valence-corrected chi connectivity index (χ2v) is 5.97. The molecule has 0 aliphatic rings. The van der Waals surface area contributed by atoms with E-state index in [9.17, 15) is 14.0 Å². The number of carboxylic acids is 1. The highest BCUT2D eigenvalue weighted by Gasteiger charge is 2.21. The van der Waals surface area contributed by atoms with Crippen molar-refractivity contribution < 1.29 is 28.2 Å². The van der Waals surface area contributed by atoms with Crippen LogP contribution >= 0.6 is 0 Å². The van der Waals surface area contributed by atoms with Crippen LogP contribution < -0.4 is 5.32 Å². The maximum absolute atomic E-state index is 14.0. The van der Waals surface area contributed by atoms with Crippen LogP contribution in [0.4, 0.5) is 4.39 Å². The van der Waals surface area contributed by atoms with E-state index in [4.69, 9.17) is 14.3 Å². The van der Waals surface area contributed by atoms with Gasteiger partial charge in [-0.05, 0) is 36.2 Å². The summed E-state index contributed by atoms with van der Waals surface area (Å²) in [4.78, 5) is 23.2. The SMILES string of the molecule is CC(C)COCC(NC(=O)c1ccc(C(=O)O)cc1F)c1ccco1. The van der Waals surface area contributed by atoms with Crippen LogP contribution in [0.5, 0.6) is 0 Å². The zero-order valence-corrected chi connectivity index (χ0v) is 14.0. The van der Waals surface area contributed by atoms with E-state index in [0.717, 1.165) is 12.1 Å². The molecule has 2 N–H and O–H groups in total. The fourth-order valence-electron chi connectivity index (χ4n) is 2.17. The van der Waals surface area contributed by atoms with Gasteiger partial charge in [-0.25, -0.2) is 9.18 Å². The maximum Gasteiger partial charge on any atom is 0.335 e. The fourth-order valence-corrected chi connectivity index (χ4v) is 2.17. The molecule has 6 nitrogen and oxygen atoms in total. The molecule has 25 heavy (non-hydrogen) atoms. The van der Waals surface area contributed by atoms with Crippen molar-refractivity contribution in [1.82, 2.24) is 5.32 Å². The van der Waals surface area contributed by atoms with Crippen LogP contribution in [-0.2, 0) is 4.74 Å². The molecule has 2 rings (SSSR count). The van der Waals surface area contributed by atoms with Crippen LogP contribution in [-0.4, -0.2) is 30.2 Å². The van der Waals surface area contributed by atoms with Gasteiger partial charge in [-0.3, -0.25) is 4.79 Å². The lowest BCUT2D eigenvalue weighted by atomic mass is 10.1. The maximum atomic E-state index is 14.0. The molecule has 0 aliphatic carbocycles. The Morgan fingerprint density at radius 3 is 2.60 bits per heavy atom. The number of hydrogen-bond donors (Lipinski definition) is 2. The second kappa shape index (κ2) is 8.43. The lowest BCUT2D eigenvalue weighted by molar-refractivity contribution is 0.0693. The van der Waals surface area contributed by atoms with Crippen LogP contribution in [0.2, 0.25) is 0 Å². The number of carbonyl (C=O) groups excluding carboxylic acids is 1. The van der Waals surface area contributed by atoms with E-state index in [2.05, 4.69) is 5.32 Å². The number of nitrogens with one attached hydrogen (secondary N) is 1. The summed E-state index contributed by atoms with van der Waals surface area (Å²) in [5.74, 6) is -2.03. The molecule has 0 aliphatic heterocycles. The van der Waals surface area contributed by atoms with Gasteiger partial charge in [0, 0.05) is 6.61 Å². The quantitative estimate of drug-likeness (QED) is 0.764. The average Bonchev–Trinajstić information content (AvgIpc) is 3.07. The van der Waals surface area contributed by atoms with Gasteiger partial charge in [0.15, 0.2) is 0 Å². The Kier molecular flexibility index (Phi) is 6.30. The standard InChI is InChI=1S/C18H20FNO5/c1-11(2)9-24-10-15(16-4-3-7-25-16)20-17(21)13-6-5-12(18(22)23)8-14(13)19/h3-8,11,15H,9-10H2,1-2H3,(H,20,21)(H,22,23). The Balaban J connectivity index is 2.12. The summed E-state index contributed by atoms with van der Waals surface area (Å²) in [6, 6.07) is 5.92. The third kappa shape index (κ3) is 5.15. The van der Waals surface area contributed by atoms with Gasteiger partial charge in [-0.1, -0.05) is 13.8 Å². The topological polar surface area (TPSA) is 88.8 Å². The molecule has 0 bridgehead atoms. The highest BCUT2D eigenvalue weighted by Crippen LogP contribution is 2.17. The van der Waals surface area contributed by atoms with Crippen LogP contribution in [0.3, 0.4) is 0 Å². The number of halogens is 1. The highest BCUT2D eigenvalue weighted by atomic mass is 19.1. The van der Waals surface area contributed by atoms with Crippen molar-refractivity contribution in [2.24, 2.45) is 5.92 Å². The predicted molar refractivity (Wildman–Crippen MR) is 87.9 cm³/mol. The van der Waals surface area contributed by atoms with E-state index < -0.39 is 23.7 Å². The van der Waals surface area contributed by atoms with Crippen molar-refractivity contribution >= 4 is 11.9 Å². The molecule has 0 radical (unpaired) electrons. The molecule has 1 aromatic heterocycles. The minimum atomic E-state index is -1.26. The van der Waals surface area contributed by atoms with Gasteiger partial charge in [0.25, 0.3) is 5.91 Å². The van der Waals surface area contributed by atoms with E-state index in [1.54, 1.807) is 12.1 Å². The molecule has 0 saturated carbocycles. The van der Waals surface area contributed by atoms with Gasteiger partial charge < -0.3 is 19.6 Å². The van der Waals surface area contributed by atoms with E-state index in [-0.39, 0.29) is 17.7 Å². The minimum Gasteiger partial charge on any atom is -0.478 e. The largest absolute Gasteiger partial charge is 0.478 e. The fraction of sp³-hybridized carbons (Fsp3) is 0.333.